The van der Waals surface area contributed by atoms with Crippen LogP contribution in [-0.2, 0) is 4.79 Å². The van der Waals surface area contributed by atoms with E-state index in [0.29, 0.717) is 12.6 Å². The lowest BCUT2D eigenvalue weighted by Gasteiger charge is -2.40. The Morgan fingerprint density at radius 3 is 2.40 bits per heavy atom. The van der Waals surface area contributed by atoms with Gasteiger partial charge in [0.25, 0.3) is 0 Å². The minimum absolute atomic E-state index is 0.185. The van der Waals surface area contributed by atoms with Crippen molar-refractivity contribution in [3.63, 3.8) is 0 Å². The number of ketones is 1. The molecule has 1 aliphatic rings. The minimum Gasteiger partial charge on any atom is -0.395 e. The van der Waals surface area contributed by atoms with Crippen molar-refractivity contribution in [2.75, 3.05) is 19.7 Å². The van der Waals surface area contributed by atoms with Gasteiger partial charge in [-0.25, -0.2) is 0 Å². The fourth-order valence-corrected chi connectivity index (χ4v) is 1.89. The van der Waals surface area contributed by atoms with E-state index in [1.807, 2.05) is 13.8 Å². The van der Waals surface area contributed by atoms with E-state index in [-0.39, 0.29) is 17.8 Å². The molecule has 1 fully saturated rings. The predicted octanol–water partition coefficient (Wildman–Crippen LogP) is 1.45. The molecule has 0 aromatic carbocycles. The molecule has 0 aromatic rings. The van der Waals surface area contributed by atoms with E-state index in [0.717, 1.165) is 6.54 Å². The maximum absolute atomic E-state index is 11.4. The molecular weight excluding hydrogens is 190 g/mol. The van der Waals surface area contributed by atoms with E-state index in [2.05, 4.69) is 4.90 Å². The van der Waals surface area contributed by atoms with Crippen molar-refractivity contribution >= 4 is 5.78 Å². The van der Waals surface area contributed by atoms with Gasteiger partial charge < -0.3 is 5.11 Å². The summed E-state index contributed by atoms with van der Waals surface area (Å²) in [6.07, 6.45) is 3.72. The molecule has 15 heavy (non-hydrogen) atoms. The Labute approximate surface area is 92.5 Å². The summed E-state index contributed by atoms with van der Waals surface area (Å²) in [6.45, 7) is 7.27. The molecule has 0 unspecified atom stereocenters. The van der Waals surface area contributed by atoms with E-state index < -0.39 is 0 Å². The van der Waals surface area contributed by atoms with Gasteiger partial charge in [0, 0.05) is 24.5 Å². The Kier molecular flexibility index (Phi) is 4.29. The first-order valence-electron chi connectivity index (χ1n) is 5.83. The zero-order valence-electron chi connectivity index (χ0n) is 10.1. The van der Waals surface area contributed by atoms with Crippen LogP contribution in [0.3, 0.4) is 0 Å². The molecule has 0 bridgehead atoms. The molecule has 0 spiro atoms. The third kappa shape index (κ3) is 3.28. The zero-order chi connectivity index (χ0) is 11.5. The van der Waals surface area contributed by atoms with Crippen LogP contribution in [-0.4, -0.2) is 41.5 Å². The molecule has 0 aliphatic heterocycles. The number of aliphatic hydroxyl groups is 1. The number of hydrogen-bond donors (Lipinski definition) is 1. The molecule has 3 nitrogen and oxygen atoms in total. The lowest BCUT2D eigenvalue weighted by molar-refractivity contribution is -0.126. The summed E-state index contributed by atoms with van der Waals surface area (Å²) in [5.41, 5.74) is -0.287. The van der Waals surface area contributed by atoms with Crippen LogP contribution < -0.4 is 0 Å². The van der Waals surface area contributed by atoms with Gasteiger partial charge in [-0.15, -0.1) is 0 Å². The van der Waals surface area contributed by atoms with Gasteiger partial charge in [0.1, 0.15) is 5.78 Å². The first-order valence-corrected chi connectivity index (χ1v) is 5.83. The van der Waals surface area contributed by atoms with Gasteiger partial charge in [0.05, 0.1) is 6.61 Å². The molecule has 0 atom stereocenters. The van der Waals surface area contributed by atoms with Gasteiger partial charge in [0.15, 0.2) is 0 Å². The Morgan fingerprint density at radius 2 is 2.07 bits per heavy atom. The number of aliphatic hydroxyl groups excluding tert-OH is 1. The van der Waals surface area contributed by atoms with Gasteiger partial charge in [0.2, 0.25) is 0 Å². The molecule has 0 radical (unpaired) electrons. The molecule has 88 valence electrons. The summed E-state index contributed by atoms with van der Waals surface area (Å²) in [5.74, 6) is 0.227. The lowest BCUT2D eigenvalue weighted by Crippen LogP contribution is -2.47. The Balaban J connectivity index is 2.53. The van der Waals surface area contributed by atoms with Crippen LogP contribution in [0.25, 0.3) is 0 Å². The number of hydrogen-bond acceptors (Lipinski definition) is 3. The van der Waals surface area contributed by atoms with Crippen molar-refractivity contribution in [3.8, 4) is 0 Å². The van der Waals surface area contributed by atoms with Gasteiger partial charge >= 0.3 is 0 Å². The highest BCUT2D eigenvalue weighted by molar-refractivity contribution is 5.81. The van der Waals surface area contributed by atoms with Crippen LogP contribution in [0.2, 0.25) is 0 Å². The summed E-state index contributed by atoms with van der Waals surface area (Å²) >= 11 is 0. The molecule has 0 heterocycles. The Hall–Kier alpha value is -0.410. The quantitative estimate of drug-likeness (QED) is 0.726. The van der Waals surface area contributed by atoms with E-state index >= 15 is 0 Å². The maximum atomic E-state index is 11.4. The average molecular weight is 213 g/mol. The van der Waals surface area contributed by atoms with E-state index in [1.54, 1.807) is 6.92 Å². The highest BCUT2D eigenvalue weighted by atomic mass is 16.3. The third-order valence-corrected chi connectivity index (χ3v) is 3.53. The molecule has 1 saturated carbocycles. The zero-order valence-corrected chi connectivity index (χ0v) is 10.1. The largest absolute Gasteiger partial charge is 0.395 e. The van der Waals surface area contributed by atoms with Crippen LogP contribution in [0, 0.1) is 5.41 Å². The first kappa shape index (κ1) is 12.7. The summed E-state index contributed by atoms with van der Waals surface area (Å²) in [4.78, 5) is 13.7. The second kappa shape index (κ2) is 5.08. The standard InChI is InChI=1S/C12H23NO2/c1-10(15)12(2,3)9-13(7-8-14)11-5-4-6-11/h11,14H,4-9H2,1-3H3. The summed E-state index contributed by atoms with van der Waals surface area (Å²) in [7, 11) is 0. The minimum atomic E-state index is -0.287. The Morgan fingerprint density at radius 1 is 1.47 bits per heavy atom. The fourth-order valence-electron chi connectivity index (χ4n) is 1.89. The van der Waals surface area contributed by atoms with Crippen molar-refractivity contribution < 1.29 is 9.90 Å². The monoisotopic (exact) mass is 213 g/mol. The fraction of sp³-hybridized carbons (Fsp3) is 0.917. The van der Waals surface area contributed by atoms with E-state index in [9.17, 15) is 4.79 Å². The predicted molar refractivity (Wildman–Crippen MR) is 60.8 cm³/mol. The van der Waals surface area contributed by atoms with E-state index in [4.69, 9.17) is 5.11 Å². The van der Waals surface area contributed by atoms with Crippen molar-refractivity contribution in [1.29, 1.82) is 0 Å². The molecular formula is C12H23NO2. The van der Waals surface area contributed by atoms with Crippen LogP contribution in [0.5, 0.6) is 0 Å². The normalized spacial score (nSPS) is 17.9. The van der Waals surface area contributed by atoms with Gasteiger partial charge in [-0.05, 0) is 19.8 Å². The third-order valence-electron chi connectivity index (χ3n) is 3.53. The van der Waals surface area contributed by atoms with Gasteiger partial charge in [-0.3, -0.25) is 9.69 Å². The maximum Gasteiger partial charge on any atom is 0.136 e. The lowest BCUT2D eigenvalue weighted by atomic mass is 9.85. The van der Waals surface area contributed by atoms with Crippen LogP contribution >= 0.6 is 0 Å². The van der Waals surface area contributed by atoms with Crippen molar-refractivity contribution in [3.05, 3.63) is 0 Å². The Bertz CT molecular complexity index is 222. The van der Waals surface area contributed by atoms with Crippen LogP contribution in [0.1, 0.15) is 40.0 Å². The molecule has 1 N–H and O–H groups in total. The van der Waals surface area contributed by atoms with Crippen molar-refractivity contribution in [2.24, 2.45) is 5.41 Å². The molecule has 0 saturated heterocycles. The van der Waals surface area contributed by atoms with Crippen molar-refractivity contribution in [2.45, 2.75) is 46.1 Å². The number of carbonyl (C=O) groups is 1. The summed E-state index contributed by atoms with van der Waals surface area (Å²) in [5, 5.41) is 9.01. The number of carbonyl (C=O) groups excluding carboxylic acids is 1. The second-order valence-corrected chi connectivity index (χ2v) is 5.22. The second-order valence-electron chi connectivity index (χ2n) is 5.22. The average Bonchev–Trinajstić information content (AvgIpc) is 1.99. The van der Waals surface area contributed by atoms with Gasteiger partial charge in [-0.1, -0.05) is 20.3 Å². The van der Waals surface area contributed by atoms with Crippen LogP contribution in [0.15, 0.2) is 0 Å². The SMILES string of the molecule is CC(=O)C(C)(C)CN(CCO)C1CCC1. The van der Waals surface area contributed by atoms with Gasteiger partial charge in [-0.2, -0.15) is 0 Å². The topological polar surface area (TPSA) is 40.5 Å². The summed E-state index contributed by atoms with van der Waals surface area (Å²) in [6, 6.07) is 0.593. The number of nitrogens with zero attached hydrogens (tertiary/aromatic N) is 1. The first-order chi connectivity index (χ1) is 6.97. The van der Waals surface area contributed by atoms with Crippen molar-refractivity contribution in [1.82, 2.24) is 4.90 Å². The number of Topliss-reactive ketones (excluding diaryl/α,β-unsaturated/α-hetero) is 1. The smallest absolute Gasteiger partial charge is 0.136 e. The van der Waals surface area contributed by atoms with Crippen LogP contribution in [0.4, 0.5) is 0 Å². The molecule has 1 rings (SSSR count). The number of rotatable bonds is 6. The highest BCUT2D eigenvalue weighted by Crippen LogP contribution is 2.28. The molecule has 3 heteroatoms. The highest BCUT2D eigenvalue weighted by Gasteiger charge is 2.32. The molecule has 1 aliphatic carbocycles. The molecule has 0 amide bonds. The summed E-state index contributed by atoms with van der Waals surface area (Å²) < 4.78 is 0. The molecule has 0 aromatic heterocycles. The van der Waals surface area contributed by atoms with E-state index in [1.165, 1.54) is 19.3 Å².